The predicted molar refractivity (Wildman–Crippen MR) is 0 cm³/mol. The van der Waals surface area contributed by atoms with Crippen molar-refractivity contribution < 1.29 is 330 Å². The molecule has 0 heterocycles. The Bertz CT molecular complexity index is 12.5. The minimum atomic E-state index is 0. The van der Waals surface area contributed by atoms with Gasteiger partial charge in [-0.1, -0.05) is 0 Å². The first-order chi connectivity index (χ1) is 0. The molecule has 0 spiro atoms. The Morgan fingerprint density at radius 2 is 0.154 bits per heavy atom. The Morgan fingerprint density at radius 3 is 0.154 bits per heavy atom. The summed E-state index contributed by atoms with van der Waals surface area (Å²) in [5.41, 5.74) is 0. The minimum absolute atomic E-state index is 0. The van der Waals surface area contributed by atoms with Gasteiger partial charge in [-0.05, 0) is 0 Å². The molecule has 0 bridgehead atoms. The van der Waals surface area contributed by atoms with Gasteiger partial charge in [0.1, 0.15) is 0 Å². The van der Waals surface area contributed by atoms with Crippen molar-refractivity contribution in [3.8, 4) is 0 Å². The van der Waals surface area contributed by atoms with Crippen LogP contribution >= 0.6 is 0 Å². The van der Waals surface area contributed by atoms with E-state index in [1.54, 1.807) is 0 Å². The largest absolute Gasteiger partial charge is 0 e. The molecule has 0 N–H and O–H groups in total. The Balaban J connectivity index is 0. The summed E-state index contributed by atoms with van der Waals surface area (Å²) < 4.78 is 0. The van der Waals surface area contributed by atoms with E-state index in [1.165, 1.54) is 0 Å². The molecular formula is Ag5Cd8. The molecule has 0 aliphatic rings. The van der Waals surface area contributed by atoms with Crippen LogP contribution in [0.15, 0.2) is 0 Å². The maximum Gasteiger partial charge on any atom is 0 e. The van der Waals surface area contributed by atoms with E-state index >= 15 is 0 Å². The van der Waals surface area contributed by atoms with Gasteiger partial charge < -0.3 is 0 Å². The van der Waals surface area contributed by atoms with E-state index in [-0.39, 0.29) is 330 Å². The molecule has 0 aromatic heterocycles. The van der Waals surface area contributed by atoms with Crippen LogP contribution in [0.25, 0.3) is 0 Å². The SMILES string of the molecule is [Ag].[Ag].[Ag].[Ag].[Ag].[Cd].[Cd].[Cd].[Cd].[Cd].[Cd].[Cd].[Cd]. The van der Waals surface area contributed by atoms with Gasteiger partial charge in [0.2, 0.25) is 0 Å². The van der Waals surface area contributed by atoms with E-state index < -0.39 is 0 Å². The maximum atomic E-state index is 0. The Morgan fingerprint density at radius 1 is 0.154 bits per heavy atom. The summed E-state index contributed by atoms with van der Waals surface area (Å²) in [5, 5.41) is 0. The van der Waals surface area contributed by atoms with E-state index in [0.29, 0.717) is 0 Å². The predicted octanol–water partition coefficient (Wildman–Crippen LogP) is -0.0325. The molecule has 5 radical (unpaired) electrons. The molecular weight excluding hydrogens is 1440 g/mol. The van der Waals surface area contributed by atoms with Crippen molar-refractivity contribution in [3.05, 3.63) is 0 Å². The van der Waals surface area contributed by atoms with Crippen LogP contribution < -0.4 is 0 Å². The molecule has 0 aromatic carbocycles. The molecule has 0 aliphatic heterocycles. The molecule has 13 heteroatoms. The van der Waals surface area contributed by atoms with Crippen LogP contribution in [-0.2, 0) is 330 Å². The summed E-state index contributed by atoms with van der Waals surface area (Å²) in [7, 11) is 0. The van der Waals surface area contributed by atoms with Crippen LogP contribution in [0.1, 0.15) is 0 Å². The molecule has 0 unspecified atom stereocenters. The van der Waals surface area contributed by atoms with Crippen LogP contribution in [0.4, 0.5) is 0 Å². The maximum absolute atomic E-state index is 0. The van der Waals surface area contributed by atoms with Crippen molar-refractivity contribution in [2.45, 2.75) is 0 Å². The van der Waals surface area contributed by atoms with Crippen molar-refractivity contribution in [2.75, 3.05) is 0 Å². The van der Waals surface area contributed by atoms with Gasteiger partial charge in [0.15, 0.2) is 0 Å². The molecule has 0 nitrogen and oxygen atoms in total. The fraction of sp³-hybridized carbons (Fsp3) is 0. The van der Waals surface area contributed by atoms with E-state index in [2.05, 4.69) is 0 Å². The molecule has 13 heavy (non-hydrogen) atoms. The summed E-state index contributed by atoms with van der Waals surface area (Å²) in [6.07, 6.45) is 0. The summed E-state index contributed by atoms with van der Waals surface area (Å²) in [6, 6.07) is 0. The molecule has 0 rings (SSSR count). The monoisotopic (exact) mass is 1450 g/mol. The van der Waals surface area contributed by atoms with E-state index in [4.69, 9.17) is 0 Å². The van der Waals surface area contributed by atoms with Gasteiger partial charge >= 0.3 is 0 Å². The smallest absolute Gasteiger partial charge is 0 e. The van der Waals surface area contributed by atoms with Crippen LogP contribution in [0.2, 0.25) is 0 Å². The second kappa shape index (κ2) is 91.7. The van der Waals surface area contributed by atoms with Crippen molar-refractivity contribution in [3.63, 3.8) is 0 Å². The molecule has 0 atom stereocenters. The van der Waals surface area contributed by atoms with Crippen molar-refractivity contribution in [1.82, 2.24) is 0 Å². The number of hydrogen-bond donors (Lipinski definition) is 0. The number of hydrogen-bond acceptors (Lipinski definition) is 0. The standard InChI is InChI=1S/5Ag.8Cd. The molecule has 0 aliphatic carbocycles. The zero-order valence-electron chi connectivity index (χ0n) is 7.16. The quantitative estimate of drug-likeness (QED) is 0.300. The third kappa shape index (κ3) is 83.5. The number of rotatable bonds is 0. The van der Waals surface area contributed by atoms with Gasteiger partial charge in [-0.15, -0.1) is 0 Å². The molecule has 71 valence electrons. The van der Waals surface area contributed by atoms with Crippen LogP contribution in [0.5, 0.6) is 0 Å². The first-order valence-corrected chi connectivity index (χ1v) is 0. The Labute approximate surface area is 320 Å². The second-order valence-corrected chi connectivity index (χ2v) is 0. The minimum Gasteiger partial charge on any atom is 0 e. The topological polar surface area (TPSA) is 0 Å². The Hall–Kier alpha value is 11.1. The average molecular weight is 1440 g/mol. The van der Waals surface area contributed by atoms with Gasteiger partial charge in [0.05, 0.1) is 0 Å². The van der Waals surface area contributed by atoms with Gasteiger partial charge in [0, 0.05) is 330 Å². The van der Waals surface area contributed by atoms with E-state index in [0.717, 1.165) is 0 Å². The van der Waals surface area contributed by atoms with Crippen LogP contribution in [0.3, 0.4) is 0 Å². The van der Waals surface area contributed by atoms with Gasteiger partial charge in [-0.25, -0.2) is 0 Å². The molecule has 0 saturated heterocycles. The zero-order chi connectivity index (χ0) is 0. The van der Waals surface area contributed by atoms with Gasteiger partial charge in [-0.3, -0.25) is 0 Å². The fourth-order valence-corrected chi connectivity index (χ4v) is 0. The fourth-order valence-electron chi connectivity index (χ4n) is 0. The molecule has 0 aromatic rings. The third-order valence-electron chi connectivity index (χ3n) is 0. The third-order valence-corrected chi connectivity index (χ3v) is 0. The first-order valence-electron chi connectivity index (χ1n) is 0. The molecule has 0 saturated carbocycles. The summed E-state index contributed by atoms with van der Waals surface area (Å²) in [6.45, 7) is 0. The zero-order valence-corrected chi connectivity index (χ0v) is 46.9. The van der Waals surface area contributed by atoms with Crippen molar-refractivity contribution >= 4 is 0 Å². The summed E-state index contributed by atoms with van der Waals surface area (Å²) in [4.78, 5) is 0. The van der Waals surface area contributed by atoms with E-state index in [9.17, 15) is 0 Å². The van der Waals surface area contributed by atoms with Crippen LogP contribution in [0, 0.1) is 0 Å². The van der Waals surface area contributed by atoms with Crippen LogP contribution in [-0.4, -0.2) is 0 Å². The van der Waals surface area contributed by atoms with E-state index in [1.807, 2.05) is 0 Å². The van der Waals surface area contributed by atoms with Gasteiger partial charge in [0.25, 0.3) is 0 Å². The second-order valence-electron chi connectivity index (χ2n) is 0. The Kier molecular flexibility index (Phi) is 737. The average Bonchev–Trinajstić information content (AvgIpc) is 0. The first kappa shape index (κ1) is 104. The molecule has 0 amide bonds. The normalized spacial score (nSPS) is 0. The van der Waals surface area contributed by atoms with Crippen molar-refractivity contribution in [2.24, 2.45) is 0 Å². The van der Waals surface area contributed by atoms with Gasteiger partial charge in [-0.2, -0.15) is 0 Å². The summed E-state index contributed by atoms with van der Waals surface area (Å²) >= 11 is 0. The van der Waals surface area contributed by atoms with Crippen molar-refractivity contribution in [1.29, 1.82) is 0 Å². The summed E-state index contributed by atoms with van der Waals surface area (Å²) in [5.74, 6) is 0. The molecule has 0 fully saturated rings.